The number of phenolic OH excluding ortho intramolecular Hbond substituents is 1. The molecule has 0 heterocycles. The number of phenols is 1. The molecule has 120 valence electrons. The summed E-state index contributed by atoms with van der Waals surface area (Å²) >= 11 is 3.20. The highest BCUT2D eigenvalue weighted by molar-refractivity contribution is 9.10. The second kappa shape index (κ2) is 7.78. The standard InChI is InChI=1S/C17H15BrO5/c1-2-22-13-6-3-11(4-7-13)16(20)10-23-17(21)14-9-12(18)5-8-15(14)19/h3-9,19H,2,10H2,1H3. The lowest BCUT2D eigenvalue weighted by Gasteiger charge is -2.07. The van der Waals surface area contributed by atoms with E-state index in [1.807, 2.05) is 6.92 Å². The molecule has 0 aromatic heterocycles. The van der Waals surface area contributed by atoms with Crippen molar-refractivity contribution in [3.63, 3.8) is 0 Å². The van der Waals surface area contributed by atoms with Gasteiger partial charge in [0.05, 0.1) is 6.61 Å². The second-order valence-electron chi connectivity index (χ2n) is 4.62. The molecule has 5 nitrogen and oxygen atoms in total. The molecule has 0 unspecified atom stereocenters. The van der Waals surface area contributed by atoms with Crippen LogP contribution in [-0.4, -0.2) is 30.1 Å². The van der Waals surface area contributed by atoms with Crippen molar-refractivity contribution in [3.05, 3.63) is 58.1 Å². The lowest BCUT2D eigenvalue weighted by atomic mass is 10.1. The number of hydrogen-bond donors (Lipinski definition) is 1. The van der Waals surface area contributed by atoms with E-state index in [1.54, 1.807) is 30.3 Å². The summed E-state index contributed by atoms with van der Waals surface area (Å²) in [5.41, 5.74) is 0.415. The first-order valence-electron chi connectivity index (χ1n) is 6.93. The molecule has 0 aliphatic carbocycles. The molecule has 0 spiro atoms. The molecule has 2 aromatic rings. The predicted octanol–water partition coefficient (Wildman–Crippen LogP) is 3.59. The SMILES string of the molecule is CCOc1ccc(C(=O)COC(=O)c2cc(Br)ccc2O)cc1. The van der Waals surface area contributed by atoms with Crippen LogP contribution in [0.5, 0.6) is 11.5 Å². The molecule has 0 saturated heterocycles. The molecule has 0 atom stereocenters. The lowest BCUT2D eigenvalue weighted by molar-refractivity contribution is 0.0471. The number of esters is 1. The number of Topliss-reactive ketones (excluding diaryl/α,β-unsaturated/α-hetero) is 1. The van der Waals surface area contributed by atoms with Crippen molar-refractivity contribution in [2.45, 2.75) is 6.92 Å². The summed E-state index contributed by atoms with van der Waals surface area (Å²) in [4.78, 5) is 23.9. The minimum absolute atomic E-state index is 0.00105. The van der Waals surface area contributed by atoms with Gasteiger partial charge < -0.3 is 14.6 Å². The van der Waals surface area contributed by atoms with E-state index in [9.17, 15) is 14.7 Å². The average Bonchev–Trinajstić information content (AvgIpc) is 2.55. The zero-order valence-electron chi connectivity index (χ0n) is 12.4. The van der Waals surface area contributed by atoms with Gasteiger partial charge in [-0.3, -0.25) is 4.79 Å². The van der Waals surface area contributed by atoms with Crippen molar-refractivity contribution < 1.29 is 24.2 Å². The summed E-state index contributed by atoms with van der Waals surface area (Å²) in [6.45, 7) is 2.01. The summed E-state index contributed by atoms with van der Waals surface area (Å²) in [5, 5.41) is 9.65. The van der Waals surface area contributed by atoms with Crippen LogP contribution >= 0.6 is 15.9 Å². The molecule has 2 aromatic carbocycles. The maximum atomic E-state index is 12.0. The molecule has 1 N–H and O–H groups in total. The Bertz CT molecular complexity index is 709. The zero-order valence-corrected chi connectivity index (χ0v) is 14.0. The molecule has 0 aliphatic rings. The van der Waals surface area contributed by atoms with E-state index >= 15 is 0 Å². The molecular formula is C17H15BrO5. The molecule has 23 heavy (non-hydrogen) atoms. The van der Waals surface area contributed by atoms with Crippen molar-refractivity contribution >= 4 is 27.7 Å². The topological polar surface area (TPSA) is 72.8 Å². The third-order valence-corrected chi connectivity index (χ3v) is 3.49. The third kappa shape index (κ3) is 4.56. The van der Waals surface area contributed by atoms with Gasteiger partial charge in [-0.05, 0) is 49.4 Å². The van der Waals surface area contributed by atoms with Crippen LogP contribution in [0.1, 0.15) is 27.6 Å². The maximum absolute atomic E-state index is 12.0. The number of carbonyl (C=O) groups is 2. The van der Waals surface area contributed by atoms with Crippen LogP contribution in [0, 0.1) is 0 Å². The molecule has 0 radical (unpaired) electrons. The van der Waals surface area contributed by atoms with Crippen molar-refractivity contribution in [2.24, 2.45) is 0 Å². The van der Waals surface area contributed by atoms with Gasteiger partial charge in [0.25, 0.3) is 0 Å². The number of ether oxygens (including phenoxy) is 2. The highest BCUT2D eigenvalue weighted by Gasteiger charge is 2.15. The summed E-state index contributed by atoms with van der Waals surface area (Å²) < 4.78 is 10.9. The van der Waals surface area contributed by atoms with Crippen molar-refractivity contribution in [1.82, 2.24) is 0 Å². The minimum Gasteiger partial charge on any atom is -0.507 e. The minimum atomic E-state index is -0.761. The maximum Gasteiger partial charge on any atom is 0.342 e. The Labute approximate surface area is 142 Å². The van der Waals surface area contributed by atoms with Crippen LogP contribution < -0.4 is 4.74 Å². The van der Waals surface area contributed by atoms with E-state index in [4.69, 9.17) is 9.47 Å². The van der Waals surface area contributed by atoms with E-state index < -0.39 is 12.6 Å². The molecule has 0 bridgehead atoms. The van der Waals surface area contributed by atoms with Crippen LogP contribution in [-0.2, 0) is 4.74 Å². The number of benzene rings is 2. The first kappa shape index (κ1) is 17.0. The van der Waals surface area contributed by atoms with Crippen LogP contribution in [0.2, 0.25) is 0 Å². The largest absolute Gasteiger partial charge is 0.507 e. The summed E-state index contributed by atoms with van der Waals surface area (Å²) in [5.74, 6) is -0.634. The molecule has 6 heteroatoms. The Morgan fingerprint density at radius 2 is 1.83 bits per heavy atom. The number of hydrogen-bond acceptors (Lipinski definition) is 5. The second-order valence-corrected chi connectivity index (χ2v) is 5.53. The van der Waals surface area contributed by atoms with E-state index in [0.29, 0.717) is 22.4 Å². The highest BCUT2D eigenvalue weighted by atomic mass is 79.9. The van der Waals surface area contributed by atoms with E-state index in [-0.39, 0.29) is 17.1 Å². The van der Waals surface area contributed by atoms with Crippen molar-refractivity contribution in [2.75, 3.05) is 13.2 Å². The zero-order chi connectivity index (χ0) is 16.8. The molecule has 0 saturated carbocycles. The van der Waals surface area contributed by atoms with Crippen LogP contribution in [0.25, 0.3) is 0 Å². The lowest BCUT2D eigenvalue weighted by Crippen LogP contribution is -2.14. The van der Waals surface area contributed by atoms with Gasteiger partial charge in [-0.1, -0.05) is 15.9 Å². The number of rotatable bonds is 6. The Hall–Kier alpha value is -2.34. The number of ketones is 1. The Morgan fingerprint density at radius 3 is 2.48 bits per heavy atom. The van der Waals surface area contributed by atoms with Gasteiger partial charge in [0, 0.05) is 10.0 Å². The monoisotopic (exact) mass is 378 g/mol. The Morgan fingerprint density at radius 1 is 1.13 bits per heavy atom. The van der Waals surface area contributed by atoms with Gasteiger partial charge in [-0.15, -0.1) is 0 Å². The van der Waals surface area contributed by atoms with Crippen LogP contribution in [0.3, 0.4) is 0 Å². The molecule has 0 amide bonds. The smallest absolute Gasteiger partial charge is 0.342 e. The summed E-state index contributed by atoms with van der Waals surface area (Å²) in [7, 11) is 0. The van der Waals surface area contributed by atoms with E-state index in [1.165, 1.54) is 12.1 Å². The van der Waals surface area contributed by atoms with E-state index in [0.717, 1.165) is 0 Å². The highest BCUT2D eigenvalue weighted by Crippen LogP contribution is 2.22. The normalized spacial score (nSPS) is 10.2. The molecule has 2 rings (SSSR count). The van der Waals surface area contributed by atoms with Crippen LogP contribution in [0.15, 0.2) is 46.9 Å². The van der Waals surface area contributed by atoms with Gasteiger partial charge in [-0.2, -0.15) is 0 Å². The first-order chi connectivity index (χ1) is 11.0. The number of carbonyl (C=O) groups excluding carboxylic acids is 2. The first-order valence-corrected chi connectivity index (χ1v) is 7.72. The molecule has 0 fully saturated rings. The summed E-state index contributed by atoms with van der Waals surface area (Å²) in [6.07, 6.45) is 0. The number of aromatic hydroxyl groups is 1. The van der Waals surface area contributed by atoms with Crippen LogP contribution in [0.4, 0.5) is 0 Å². The van der Waals surface area contributed by atoms with Gasteiger partial charge in [0.2, 0.25) is 0 Å². The fourth-order valence-corrected chi connectivity index (χ4v) is 2.23. The van der Waals surface area contributed by atoms with Crippen molar-refractivity contribution in [1.29, 1.82) is 0 Å². The quantitative estimate of drug-likeness (QED) is 0.614. The number of halogens is 1. The van der Waals surface area contributed by atoms with E-state index in [2.05, 4.69) is 15.9 Å². The predicted molar refractivity (Wildman–Crippen MR) is 88.0 cm³/mol. The fourth-order valence-electron chi connectivity index (χ4n) is 1.87. The van der Waals surface area contributed by atoms with Gasteiger partial charge >= 0.3 is 5.97 Å². The Kier molecular flexibility index (Phi) is 5.76. The third-order valence-electron chi connectivity index (χ3n) is 3.00. The molecule has 0 aliphatic heterocycles. The molecular weight excluding hydrogens is 364 g/mol. The van der Waals surface area contributed by atoms with Gasteiger partial charge in [0.15, 0.2) is 12.4 Å². The van der Waals surface area contributed by atoms with Gasteiger partial charge in [-0.25, -0.2) is 4.79 Å². The van der Waals surface area contributed by atoms with Gasteiger partial charge in [0.1, 0.15) is 17.1 Å². The fraction of sp³-hybridized carbons (Fsp3) is 0.176. The summed E-state index contributed by atoms with van der Waals surface area (Å²) in [6, 6.07) is 11.0. The van der Waals surface area contributed by atoms with Crippen molar-refractivity contribution in [3.8, 4) is 11.5 Å². The Balaban J connectivity index is 1.98. The average molecular weight is 379 g/mol.